The van der Waals surface area contributed by atoms with Gasteiger partial charge in [-0.15, -0.1) is 0 Å². The van der Waals surface area contributed by atoms with E-state index in [1.54, 1.807) is 6.07 Å². The van der Waals surface area contributed by atoms with E-state index in [4.69, 9.17) is 4.52 Å². The standard InChI is InChI=1S/C23H25N5O3S/c1-15-5-3-4-12-28(15)21-9-7-18(14-20(21)27-32(2,29)30)23-25-22(26-31-23)17-6-8-19-16(13-17)10-11-24-19/h6-11,13-15,24,27H,3-5,12H2,1-2H3/t15-/m1/s1. The molecule has 0 saturated carbocycles. The van der Waals surface area contributed by atoms with E-state index in [0.29, 0.717) is 29.0 Å². The first kappa shape index (κ1) is 20.6. The van der Waals surface area contributed by atoms with Gasteiger partial charge in [0, 0.05) is 40.8 Å². The Morgan fingerprint density at radius 1 is 1.12 bits per heavy atom. The zero-order valence-corrected chi connectivity index (χ0v) is 18.8. The average Bonchev–Trinajstić information content (AvgIpc) is 3.42. The van der Waals surface area contributed by atoms with Gasteiger partial charge in [0.2, 0.25) is 15.8 Å². The largest absolute Gasteiger partial charge is 0.367 e. The molecule has 0 radical (unpaired) electrons. The van der Waals surface area contributed by atoms with E-state index in [2.05, 4.69) is 31.7 Å². The van der Waals surface area contributed by atoms with Crippen molar-refractivity contribution in [3.63, 3.8) is 0 Å². The number of nitrogens with zero attached hydrogens (tertiary/aromatic N) is 3. The Morgan fingerprint density at radius 2 is 1.97 bits per heavy atom. The molecule has 8 nitrogen and oxygen atoms in total. The van der Waals surface area contributed by atoms with Gasteiger partial charge in [-0.25, -0.2) is 8.42 Å². The Labute approximate surface area is 186 Å². The Morgan fingerprint density at radius 3 is 2.78 bits per heavy atom. The van der Waals surface area contributed by atoms with Crippen LogP contribution in [0.1, 0.15) is 26.2 Å². The van der Waals surface area contributed by atoms with Crippen molar-refractivity contribution in [3.05, 3.63) is 48.7 Å². The summed E-state index contributed by atoms with van der Waals surface area (Å²) >= 11 is 0. The lowest BCUT2D eigenvalue weighted by Crippen LogP contribution is -2.38. The van der Waals surface area contributed by atoms with Crippen LogP contribution < -0.4 is 9.62 Å². The predicted octanol–water partition coefficient (Wildman–Crippen LogP) is 4.64. The van der Waals surface area contributed by atoms with Crippen LogP contribution in [0.4, 0.5) is 11.4 Å². The van der Waals surface area contributed by atoms with Crippen molar-refractivity contribution in [2.45, 2.75) is 32.2 Å². The molecule has 166 valence electrons. The second-order valence-electron chi connectivity index (χ2n) is 8.35. The first-order chi connectivity index (χ1) is 15.4. The Hall–Kier alpha value is -3.33. The molecule has 2 aromatic heterocycles. The number of hydrogen-bond acceptors (Lipinski definition) is 6. The molecule has 1 aliphatic heterocycles. The number of aromatic nitrogens is 3. The monoisotopic (exact) mass is 451 g/mol. The fourth-order valence-electron chi connectivity index (χ4n) is 4.31. The third-order valence-corrected chi connectivity index (χ3v) is 6.48. The number of rotatable bonds is 5. The zero-order chi connectivity index (χ0) is 22.3. The summed E-state index contributed by atoms with van der Waals surface area (Å²) in [6.45, 7) is 3.06. The van der Waals surface area contributed by atoms with Gasteiger partial charge in [0.05, 0.1) is 17.6 Å². The lowest BCUT2D eigenvalue weighted by Gasteiger charge is -2.36. The Balaban J connectivity index is 1.51. The van der Waals surface area contributed by atoms with Crippen LogP contribution in [0.5, 0.6) is 0 Å². The highest BCUT2D eigenvalue weighted by atomic mass is 32.2. The Bertz CT molecular complexity index is 1380. The summed E-state index contributed by atoms with van der Waals surface area (Å²) in [6, 6.07) is 13.8. The molecule has 32 heavy (non-hydrogen) atoms. The van der Waals surface area contributed by atoms with Crippen molar-refractivity contribution < 1.29 is 12.9 Å². The highest BCUT2D eigenvalue weighted by Crippen LogP contribution is 2.35. The number of piperidine rings is 1. The number of anilines is 2. The summed E-state index contributed by atoms with van der Waals surface area (Å²) in [7, 11) is -3.45. The minimum Gasteiger partial charge on any atom is -0.367 e. The molecule has 9 heteroatoms. The lowest BCUT2D eigenvalue weighted by molar-refractivity contribution is 0.432. The third kappa shape index (κ3) is 4.08. The molecule has 1 aliphatic rings. The van der Waals surface area contributed by atoms with Crippen LogP contribution in [0.25, 0.3) is 33.7 Å². The van der Waals surface area contributed by atoms with Crippen molar-refractivity contribution >= 4 is 32.3 Å². The topological polar surface area (TPSA) is 104 Å². The minimum absolute atomic E-state index is 0.337. The minimum atomic E-state index is -3.45. The number of H-pyrrole nitrogens is 1. The van der Waals surface area contributed by atoms with Crippen molar-refractivity contribution in [1.29, 1.82) is 0 Å². The molecule has 2 N–H and O–H groups in total. The highest BCUT2D eigenvalue weighted by Gasteiger charge is 2.23. The number of nitrogens with one attached hydrogen (secondary N) is 2. The SMILES string of the molecule is C[C@@H]1CCCCN1c1ccc(-c2nc(-c3ccc4[nH]ccc4c3)no2)cc1NS(C)(=O)=O. The van der Waals surface area contributed by atoms with Crippen molar-refractivity contribution in [2.75, 3.05) is 22.4 Å². The number of hydrogen-bond donors (Lipinski definition) is 2. The maximum absolute atomic E-state index is 12.1. The van der Waals surface area contributed by atoms with Crippen LogP contribution in [0.2, 0.25) is 0 Å². The maximum atomic E-state index is 12.1. The summed E-state index contributed by atoms with van der Waals surface area (Å²) in [5, 5.41) is 5.20. The number of sulfonamides is 1. The molecule has 4 aromatic rings. The summed E-state index contributed by atoms with van der Waals surface area (Å²) in [5.74, 6) is 0.818. The summed E-state index contributed by atoms with van der Waals surface area (Å²) in [6.07, 6.45) is 6.40. The first-order valence-electron chi connectivity index (χ1n) is 10.7. The number of benzene rings is 2. The summed E-state index contributed by atoms with van der Waals surface area (Å²) < 4.78 is 32.3. The first-order valence-corrected chi connectivity index (χ1v) is 12.6. The molecular weight excluding hydrogens is 426 g/mol. The Kier molecular flexibility index (Phi) is 5.13. The van der Waals surface area contributed by atoms with E-state index in [9.17, 15) is 8.42 Å². The quantitative estimate of drug-likeness (QED) is 0.458. The van der Waals surface area contributed by atoms with Crippen LogP contribution >= 0.6 is 0 Å². The molecule has 0 spiro atoms. The second-order valence-corrected chi connectivity index (χ2v) is 10.1. The fraction of sp³-hybridized carbons (Fsp3) is 0.304. The van der Waals surface area contributed by atoms with Crippen molar-refractivity contribution in [2.24, 2.45) is 0 Å². The van der Waals surface area contributed by atoms with E-state index >= 15 is 0 Å². The van der Waals surface area contributed by atoms with Gasteiger partial charge >= 0.3 is 0 Å². The van der Waals surface area contributed by atoms with Gasteiger partial charge in [0.1, 0.15) is 0 Å². The zero-order valence-electron chi connectivity index (χ0n) is 18.0. The van der Waals surface area contributed by atoms with Crippen LogP contribution in [-0.4, -0.2) is 42.4 Å². The smallest absolute Gasteiger partial charge is 0.258 e. The van der Waals surface area contributed by atoms with Gasteiger partial charge in [-0.3, -0.25) is 4.72 Å². The van der Waals surface area contributed by atoms with Gasteiger partial charge < -0.3 is 14.4 Å². The molecule has 0 aliphatic carbocycles. The normalized spacial score (nSPS) is 17.1. The van der Waals surface area contributed by atoms with Gasteiger partial charge in [0.25, 0.3) is 5.89 Å². The van der Waals surface area contributed by atoms with E-state index in [0.717, 1.165) is 47.8 Å². The third-order valence-electron chi connectivity index (χ3n) is 5.89. The second kappa shape index (κ2) is 7.98. The van der Waals surface area contributed by atoms with Gasteiger partial charge in [0.15, 0.2) is 0 Å². The van der Waals surface area contributed by atoms with Gasteiger partial charge in [-0.2, -0.15) is 4.98 Å². The number of aromatic amines is 1. The summed E-state index contributed by atoms with van der Waals surface area (Å²) in [4.78, 5) is 9.98. The van der Waals surface area contributed by atoms with E-state index in [-0.39, 0.29) is 0 Å². The van der Waals surface area contributed by atoms with Gasteiger partial charge in [-0.1, -0.05) is 5.16 Å². The molecular formula is C23H25N5O3S. The van der Waals surface area contributed by atoms with E-state index in [1.807, 2.05) is 42.6 Å². The molecule has 2 aromatic carbocycles. The van der Waals surface area contributed by atoms with Gasteiger partial charge in [-0.05, 0) is 68.7 Å². The molecule has 3 heterocycles. The molecule has 5 rings (SSSR count). The fourth-order valence-corrected chi connectivity index (χ4v) is 4.87. The molecule has 1 atom stereocenters. The van der Waals surface area contributed by atoms with Crippen LogP contribution in [0.3, 0.4) is 0 Å². The highest BCUT2D eigenvalue weighted by molar-refractivity contribution is 7.92. The van der Waals surface area contributed by atoms with E-state index in [1.165, 1.54) is 6.42 Å². The van der Waals surface area contributed by atoms with E-state index < -0.39 is 10.0 Å². The molecule has 1 fully saturated rings. The maximum Gasteiger partial charge on any atom is 0.258 e. The lowest BCUT2D eigenvalue weighted by atomic mass is 10.0. The van der Waals surface area contributed by atoms with Crippen LogP contribution in [0, 0.1) is 0 Å². The van der Waals surface area contributed by atoms with Crippen molar-refractivity contribution in [3.8, 4) is 22.8 Å². The predicted molar refractivity (Wildman–Crippen MR) is 126 cm³/mol. The average molecular weight is 452 g/mol. The molecule has 0 amide bonds. The van der Waals surface area contributed by atoms with Crippen molar-refractivity contribution in [1.82, 2.24) is 15.1 Å². The summed E-state index contributed by atoms with van der Waals surface area (Å²) in [5.41, 5.74) is 3.93. The van der Waals surface area contributed by atoms with Crippen LogP contribution in [-0.2, 0) is 10.0 Å². The van der Waals surface area contributed by atoms with Crippen LogP contribution in [0.15, 0.2) is 53.2 Å². The molecule has 0 bridgehead atoms. The molecule has 1 saturated heterocycles. The number of fused-ring (bicyclic) bond motifs is 1. The molecule has 0 unspecified atom stereocenters.